The number of aromatic nitrogens is 2. The molecule has 27 heavy (non-hydrogen) atoms. The summed E-state index contributed by atoms with van der Waals surface area (Å²) in [6.45, 7) is 2.07. The summed E-state index contributed by atoms with van der Waals surface area (Å²) in [6.07, 6.45) is 3.51. The molecule has 0 saturated heterocycles. The highest BCUT2D eigenvalue weighted by atomic mass is 16.5. The van der Waals surface area contributed by atoms with Crippen molar-refractivity contribution in [1.29, 1.82) is 0 Å². The predicted molar refractivity (Wildman–Crippen MR) is 104 cm³/mol. The highest BCUT2D eigenvalue weighted by Crippen LogP contribution is 2.29. The second-order valence-corrected chi connectivity index (χ2v) is 5.70. The van der Waals surface area contributed by atoms with Crippen molar-refractivity contribution < 1.29 is 14.3 Å². The largest absolute Gasteiger partial charge is 0.490 e. The first-order valence-corrected chi connectivity index (χ1v) is 8.42. The van der Waals surface area contributed by atoms with Gasteiger partial charge in [0.2, 0.25) is 0 Å². The minimum Gasteiger partial charge on any atom is -0.490 e. The summed E-state index contributed by atoms with van der Waals surface area (Å²) >= 11 is 0. The summed E-state index contributed by atoms with van der Waals surface area (Å²) in [6, 6.07) is 12.4. The third-order valence-electron chi connectivity index (χ3n) is 3.70. The molecule has 0 aliphatic heterocycles. The third-order valence-corrected chi connectivity index (χ3v) is 3.70. The van der Waals surface area contributed by atoms with Crippen LogP contribution in [0.25, 0.3) is 23.1 Å². The molecule has 0 atom stereocenters. The second-order valence-electron chi connectivity index (χ2n) is 5.70. The van der Waals surface area contributed by atoms with Crippen LogP contribution in [-0.4, -0.2) is 29.1 Å². The van der Waals surface area contributed by atoms with Gasteiger partial charge in [0, 0.05) is 0 Å². The zero-order valence-corrected chi connectivity index (χ0v) is 14.8. The Morgan fingerprint density at radius 1 is 1.15 bits per heavy atom. The van der Waals surface area contributed by atoms with Crippen LogP contribution >= 0.6 is 0 Å². The summed E-state index contributed by atoms with van der Waals surface area (Å²) < 4.78 is 10.9. The third kappa shape index (κ3) is 4.52. The van der Waals surface area contributed by atoms with E-state index in [-0.39, 0.29) is 12.2 Å². The van der Waals surface area contributed by atoms with E-state index >= 15 is 0 Å². The van der Waals surface area contributed by atoms with Gasteiger partial charge in [0.05, 0.1) is 17.5 Å². The topological polar surface area (TPSA) is 107 Å². The molecule has 2 aromatic carbocycles. The maximum atomic E-state index is 12.1. The average molecular weight is 365 g/mol. The number of rotatable bonds is 7. The number of nitrogens with one attached hydrogen (secondary N) is 1. The first-order chi connectivity index (χ1) is 13.1. The molecule has 0 fully saturated rings. The molecule has 3 aromatic rings. The van der Waals surface area contributed by atoms with Crippen LogP contribution < -0.4 is 20.8 Å². The summed E-state index contributed by atoms with van der Waals surface area (Å²) in [5, 5.41) is 0.546. The molecule has 3 rings (SSSR count). The molecule has 0 unspecified atom stereocenters. The first kappa shape index (κ1) is 18.2. The van der Waals surface area contributed by atoms with Crippen LogP contribution in [0.5, 0.6) is 11.5 Å². The van der Waals surface area contributed by atoms with Crippen molar-refractivity contribution in [2.45, 2.75) is 6.92 Å². The lowest BCUT2D eigenvalue weighted by Gasteiger charge is -2.11. The maximum absolute atomic E-state index is 12.1. The summed E-state index contributed by atoms with van der Waals surface area (Å²) in [5.74, 6) is 0.823. The quantitative estimate of drug-likeness (QED) is 0.668. The van der Waals surface area contributed by atoms with Gasteiger partial charge in [-0.05, 0) is 42.8 Å². The van der Waals surface area contributed by atoms with Crippen molar-refractivity contribution in [1.82, 2.24) is 9.97 Å². The minimum absolute atomic E-state index is 0.189. The molecule has 1 heterocycles. The number of hydrogen-bond acceptors (Lipinski definition) is 5. The van der Waals surface area contributed by atoms with Gasteiger partial charge in [0.1, 0.15) is 5.82 Å². The molecular formula is C20H19N3O4. The molecule has 0 aliphatic rings. The van der Waals surface area contributed by atoms with E-state index in [1.54, 1.807) is 48.6 Å². The Hall–Kier alpha value is -3.61. The Bertz CT molecular complexity index is 1060. The Morgan fingerprint density at radius 2 is 1.96 bits per heavy atom. The summed E-state index contributed by atoms with van der Waals surface area (Å²) in [4.78, 5) is 30.2. The molecule has 7 heteroatoms. The Balaban J connectivity index is 1.87. The zero-order valence-electron chi connectivity index (χ0n) is 14.8. The van der Waals surface area contributed by atoms with Crippen LogP contribution in [0.4, 0.5) is 0 Å². The lowest BCUT2D eigenvalue weighted by atomic mass is 10.2. The fourth-order valence-corrected chi connectivity index (χ4v) is 2.52. The van der Waals surface area contributed by atoms with Crippen molar-refractivity contribution in [2.75, 3.05) is 13.2 Å². The molecule has 7 nitrogen and oxygen atoms in total. The molecular weight excluding hydrogens is 346 g/mol. The maximum Gasteiger partial charge on any atom is 0.259 e. The van der Waals surface area contributed by atoms with Gasteiger partial charge in [-0.1, -0.05) is 24.3 Å². The number of hydrogen-bond donors (Lipinski definition) is 2. The molecule has 0 aliphatic carbocycles. The fraction of sp³-hybridized carbons (Fsp3) is 0.150. The SMILES string of the molecule is CCOc1cc(C=Cc2nc3ccccc3c(=O)[nH]2)ccc1OCC(N)=O. The first-order valence-electron chi connectivity index (χ1n) is 8.42. The number of amides is 1. The van der Waals surface area contributed by atoms with Crippen molar-refractivity contribution in [3.63, 3.8) is 0 Å². The number of H-pyrrole nitrogens is 1. The molecule has 1 amide bonds. The highest BCUT2D eigenvalue weighted by Gasteiger charge is 2.07. The Labute approximate surface area is 155 Å². The van der Waals surface area contributed by atoms with Crippen LogP contribution in [0.1, 0.15) is 18.3 Å². The van der Waals surface area contributed by atoms with E-state index in [4.69, 9.17) is 15.2 Å². The van der Waals surface area contributed by atoms with E-state index in [9.17, 15) is 9.59 Å². The van der Waals surface area contributed by atoms with Gasteiger partial charge >= 0.3 is 0 Å². The number of carbonyl (C=O) groups excluding carboxylic acids is 1. The predicted octanol–water partition coefficient (Wildman–Crippen LogP) is 2.36. The molecule has 0 spiro atoms. The molecule has 0 saturated carbocycles. The lowest BCUT2D eigenvalue weighted by Crippen LogP contribution is -2.20. The van der Waals surface area contributed by atoms with E-state index in [0.29, 0.717) is 34.8 Å². The van der Waals surface area contributed by atoms with Crippen molar-refractivity contribution in [2.24, 2.45) is 5.73 Å². The average Bonchev–Trinajstić information content (AvgIpc) is 2.66. The van der Waals surface area contributed by atoms with Gasteiger partial charge in [-0.3, -0.25) is 9.59 Å². The van der Waals surface area contributed by atoms with Crippen LogP contribution in [0.2, 0.25) is 0 Å². The van der Waals surface area contributed by atoms with Gasteiger partial charge in [0.25, 0.3) is 11.5 Å². The van der Waals surface area contributed by atoms with Crippen LogP contribution in [0.15, 0.2) is 47.3 Å². The number of nitrogens with two attached hydrogens (primary N) is 1. The van der Waals surface area contributed by atoms with Gasteiger partial charge < -0.3 is 20.2 Å². The Morgan fingerprint density at radius 3 is 2.74 bits per heavy atom. The standard InChI is InChI=1S/C20H19N3O4/c1-2-26-17-11-13(7-9-16(17)27-12-18(21)24)8-10-19-22-15-6-4-3-5-14(15)20(25)23-19/h3-11H,2,12H2,1H3,(H2,21,24)(H,22,23,25). The van der Waals surface area contributed by atoms with Crippen LogP contribution in [0, 0.1) is 0 Å². The van der Waals surface area contributed by atoms with E-state index in [1.807, 2.05) is 13.0 Å². The highest BCUT2D eigenvalue weighted by molar-refractivity contribution is 5.79. The van der Waals surface area contributed by atoms with E-state index in [0.717, 1.165) is 5.56 Å². The summed E-state index contributed by atoms with van der Waals surface area (Å²) in [5.41, 5.74) is 6.37. The number of aromatic amines is 1. The second kappa shape index (κ2) is 8.18. The minimum atomic E-state index is -0.562. The number of ether oxygens (including phenoxy) is 2. The van der Waals surface area contributed by atoms with E-state index in [2.05, 4.69) is 9.97 Å². The number of fused-ring (bicyclic) bond motifs is 1. The van der Waals surface area contributed by atoms with E-state index < -0.39 is 5.91 Å². The number of carbonyl (C=O) groups is 1. The molecule has 0 radical (unpaired) electrons. The van der Waals surface area contributed by atoms with Crippen molar-refractivity contribution >= 4 is 29.0 Å². The normalized spacial score (nSPS) is 11.0. The van der Waals surface area contributed by atoms with Crippen molar-refractivity contribution in [3.05, 3.63) is 64.2 Å². The Kier molecular flexibility index (Phi) is 5.51. The lowest BCUT2D eigenvalue weighted by molar-refractivity contribution is -0.119. The fourth-order valence-electron chi connectivity index (χ4n) is 2.52. The van der Waals surface area contributed by atoms with Gasteiger partial charge in [-0.15, -0.1) is 0 Å². The molecule has 138 valence electrons. The van der Waals surface area contributed by atoms with Gasteiger partial charge in [-0.2, -0.15) is 0 Å². The number of nitrogens with zero attached hydrogens (tertiary/aromatic N) is 1. The number of benzene rings is 2. The molecule has 0 bridgehead atoms. The smallest absolute Gasteiger partial charge is 0.259 e. The summed E-state index contributed by atoms with van der Waals surface area (Å²) in [7, 11) is 0. The molecule has 3 N–H and O–H groups in total. The number of para-hydroxylation sites is 1. The van der Waals surface area contributed by atoms with E-state index in [1.165, 1.54) is 0 Å². The number of primary amides is 1. The van der Waals surface area contributed by atoms with Crippen LogP contribution in [-0.2, 0) is 4.79 Å². The van der Waals surface area contributed by atoms with Crippen LogP contribution in [0.3, 0.4) is 0 Å². The van der Waals surface area contributed by atoms with Crippen molar-refractivity contribution in [3.8, 4) is 11.5 Å². The zero-order chi connectivity index (χ0) is 19.2. The monoisotopic (exact) mass is 365 g/mol. The molecule has 1 aromatic heterocycles. The van der Waals surface area contributed by atoms with Gasteiger partial charge in [-0.25, -0.2) is 4.98 Å². The van der Waals surface area contributed by atoms with Gasteiger partial charge in [0.15, 0.2) is 18.1 Å².